The van der Waals surface area contributed by atoms with E-state index < -0.39 is 16.0 Å². The van der Waals surface area contributed by atoms with Gasteiger partial charge in [-0.05, 0) is 54.8 Å². The molecule has 3 rings (SSSR count). The Morgan fingerprint density at radius 3 is 2.32 bits per heavy atom. The second-order valence-electron chi connectivity index (χ2n) is 7.63. The van der Waals surface area contributed by atoms with Crippen LogP contribution < -0.4 is 19.5 Å². The zero-order valence-electron chi connectivity index (χ0n) is 19.2. The van der Waals surface area contributed by atoms with Crippen LogP contribution in [0.4, 0.5) is 5.69 Å². The number of anilines is 1. The number of aromatic carboxylic acids is 1. The van der Waals surface area contributed by atoms with Gasteiger partial charge in [0.1, 0.15) is 0 Å². The highest BCUT2D eigenvalue weighted by atomic mass is 32.2. The van der Waals surface area contributed by atoms with Crippen molar-refractivity contribution >= 4 is 21.7 Å². The number of sulfonamides is 1. The molecule has 3 N–H and O–H groups in total. The lowest BCUT2D eigenvalue weighted by Gasteiger charge is -2.18. The molecular weight excluding hydrogens is 456 g/mol. The summed E-state index contributed by atoms with van der Waals surface area (Å²) in [6.45, 7) is 2.03. The Bertz CT molecular complexity index is 1250. The van der Waals surface area contributed by atoms with Crippen molar-refractivity contribution in [3.63, 3.8) is 0 Å². The highest BCUT2D eigenvalue weighted by molar-refractivity contribution is 7.89. The predicted molar refractivity (Wildman–Crippen MR) is 130 cm³/mol. The van der Waals surface area contributed by atoms with Crippen LogP contribution >= 0.6 is 0 Å². The number of hydrogen-bond acceptors (Lipinski definition) is 6. The van der Waals surface area contributed by atoms with Crippen LogP contribution in [0.25, 0.3) is 0 Å². The molecule has 34 heavy (non-hydrogen) atoms. The molecule has 9 heteroatoms. The number of benzene rings is 3. The van der Waals surface area contributed by atoms with Gasteiger partial charge in [0.25, 0.3) is 0 Å². The monoisotopic (exact) mass is 484 g/mol. The van der Waals surface area contributed by atoms with Crippen molar-refractivity contribution in [3.05, 3.63) is 83.4 Å². The van der Waals surface area contributed by atoms with Gasteiger partial charge in [0.2, 0.25) is 10.0 Å². The molecule has 0 radical (unpaired) electrons. The SMILES string of the molecule is COc1ccc(CCNS(=O)(=O)c2ccc(N[C@@H](C)c3ccccc3)c(C(=O)O)c2)cc1OC. The zero-order chi connectivity index (χ0) is 24.7. The maximum absolute atomic E-state index is 12.8. The van der Waals surface area contributed by atoms with Crippen LogP contribution in [0, 0.1) is 0 Å². The van der Waals surface area contributed by atoms with Crippen LogP contribution in [0.3, 0.4) is 0 Å². The summed E-state index contributed by atoms with van der Waals surface area (Å²) in [5.41, 5.74) is 2.06. The molecular formula is C25H28N2O6S. The van der Waals surface area contributed by atoms with Gasteiger partial charge in [-0.1, -0.05) is 36.4 Å². The Balaban J connectivity index is 1.73. The van der Waals surface area contributed by atoms with Gasteiger partial charge in [-0.15, -0.1) is 0 Å². The van der Waals surface area contributed by atoms with Gasteiger partial charge >= 0.3 is 5.97 Å². The van der Waals surface area contributed by atoms with E-state index in [0.29, 0.717) is 23.6 Å². The molecule has 3 aromatic carbocycles. The molecule has 8 nitrogen and oxygen atoms in total. The fourth-order valence-electron chi connectivity index (χ4n) is 3.50. The Hall–Kier alpha value is -3.56. The number of carboxylic acids is 1. The van der Waals surface area contributed by atoms with Crippen LogP contribution in [0.5, 0.6) is 11.5 Å². The maximum atomic E-state index is 12.8. The van der Waals surface area contributed by atoms with Crippen LogP contribution in [0.2, 0.25) is 0 Å². The van der Waals surface area contributed by atoms with Gasteiger partial charge in [0.15, 0.2) is 11.5 Å². The first-order valence-corrected chi connectivity index (χ1v) is 12.1. The third-order valence-corrected chi connectivity index (χ3v) is 6.82. The molecule has 1 atom stereocenters. The van der Waals surface area contributed by atoms with Crippen molar-refractivity contribution in [1.82, 2.24) is 4.72 Å². The molecule has 0 aliphatic carbocycles. The summed E-state index contributed by atoms with van der Waals surface area (Å²) in [7, 11) is -0.836. The number of methoxy groups -OCH3 is 2. The van der Waals surface area contributed by atoms with Crippen molar-refractivity contribution < 1.29 is 27.8 Å². The van der Waals surface area contributed by atoms with E-state index in [0.717, 1.165) is 11.1 Å². The first-order chi connectivity index (χ1) is 16.2. The van der Waals surface area contributed by atoms with Gasteiger partial charge in [0, 0.05) is 18.3 Å². The van der Waals surface area contributed by atoms with E-state index in [1.165, 1.54) is 25.3 Å². The standard InChI is InChI=1S/C25H28N2O6S/c1-17(19-7-5-4-6-8-19)27-22-11-10-20(16-21(22)25(28)29)34(30,31)26-14-13-18-9-12-23(32-2)24(15-18)33-3/h4-12,15-17,26-27H,13-14H2,1-3H3,(H,28,29)/t17-/m0/s1. The molecule has 0 saturated carbocycles. The molecule has 0 aliphatic heterocycles. The highest BCUT2D eigenvalue weighted by Crippen LogP contribution is 2.28. The van der Waals surface area contributed by atoms with Crippen molar-refractivity contribution in [2.24, 2.45) is 0 Å². The van der Waals surface area contributed by atoms with Crippen LogP contribution in [0.15, 0.2) is 71.6 Å². The first-order valence-electron chi connectivity index (χ1n) is 10.6. The molecule has 0 bridgehead atoms. The summed E-state index contributed by atoms with van der Waals surface area (Å²) >= 11 is 0. The topological polar surface area (TPSA) is 114 Å². The fourth-order valence-corrected chi connectivity index (χ4v) is 4.56. The number of hydrogen-bond donors (Lipinski definition) is 3. The Morgan fingerprint density at radius 1 is 0.971 bits per heavy atom. The van der Waals surface area contributed by atoms with Gasteiger partial charge in [-0.2, -0.15) is 0 Å². The number of ether oxygens (including phenoxy) is 2. The number of carboxylic acid groups (broad SMARTS) is 1. The van der Waals surface area contributed by atoms with E-state index in [1.54, 1.807) is 19.2 Å². The number of rotatable bonds is 11. The van der Waals surface area contributed by atoms with E-state index in [1.807, 2.05) is 43.3 Å². The zero-order valence-corrected chi connectivity index (χ0v) is 20.1. The summed E-state index contributed by atoms with van der Waals surface area (Å²) in [6, 6.07) is 18.8. The minimum Gasteiger partial charge on any atom is -0.493 e. The summed E-state index contributed by atoms with van der Waals surface area (Å²) in [4.78, 5) is 11.7. The van der Waals surface area contributed by atoms with E-state index in [-0.39, 0.29) is 23.0 Å². The summed E-state index contributed by atoms with van der Waals surface area (Å²) in [5, 5.41) is 12.8. The lowest BCUT2D eigenvalue weighted by molar-refractivity contribution is 0.0697. The second-order valence-corrected chi connectivity index (χ2v) is 9.39. The predicted octanol–water partition coefficient (Wildman–Crippen LogP) is 4.10. The van der Waals surface area contributed by atoms with Crippen molar-refractivity contribution in [3.8, 4) is 11.5 Å². The number of carbonyl (C=O) groups is 1. The fraction of sp³-hybridized carbons (Fsp3) is 0.240. The number of nitrogens with one attached hydrogen (secondary N) is 2. The van der Waals surface area contributed by atoms with E-state index >= 15 is 0 Å². The van der Waals surface area contributed by atoms with E-state index in [2.05, 4.69) is 10.0 Å². The van der Waals surface area contributed by atoms with Gasteiger partial charge in [0.05, 0.1) is 24.7 Å². The average molecular weight is 485 g/mol. The van der Waals surface area contributed by atoms with Gasteiger partial charge < -0.3 is 19.9 Å². The van der Waals surface area contributed by atoms with Gasteiger partial charge in [-0.25, -0.2) is 17.9 Å². The molecule has 0 fully saturated rings. The minimum absolute atomic E-state index is 0.116. The molecule has 0 saturated heterocycles. The third kappa shape index (κ3) is 6.06. The Kier molecular flexibility index (Phi) is 8.14. The summed E-state index contributed by atoms with van der Waals surface area (Å²) in [5.74, 6) is -0.0739. The van der Waals surface area contributed by atoms with Crippen LogP contribution in [-0.2, 0) is 16.4 Å². The quantitative estimate of drug-likeness (QED) is 0.375. The highest BCUT2D eigenvalue weighted by Gasteiger charge is 2.20. The normalized spacial score (nSPS) is 12.1. The first kappa shape index (κ1) is 25.1. The lowest BCUT2D eigenvalue weighted by atomic mass is 10.1. The molecule has 0 amide bonds. The van der Waals surface area contributed by atoms with Crippen molar-refractivity contribution in [1.29, 1.82) is 0 Å². The molecule has 0 heterocycles. The van der Waals surface area contributed by atoms with E-state index in [9.17, 15) is 18.3 Å². The summed E-state index contributed by atoms with van der Waals surface area (Å²) in [6.07, 6.45) is 0.416. The average Bonchev–Trinajstić information content (AvgIpc) is 2.84. The van der Waals surface area contributed by atoms with Crippen molar-refractivity contribution in [2.45, 2.75) is 24.3 Å². The maximum Gasteiger partial charge on any atom is 0.337 e. The lowest BCUT2D eigenvalue weighted by Crippen LogP contribution is -2.26. The molecule has 0 aromatic heterocycles. The summed E-state index contributed by atoms with van der Waals surface area (Å²) < 4.78 is 38.6. The molecule has 3 aromatic rings. The van der Waals surface area contributed by atoms with Gasteiger partial charge in [-0.3, -0.25) is 0 Å². The Labute approximate surface area is 199 Å². The van der Waals surface area contributed by atoms with Crippen LogP contribution in [-0.4, -0.2) is 40.3 Å². The minimum atomic E-state index is -3.91. The molecule has 0 spiro atoms. The Morgan fingerprint density at radius 2 is 1.68 bits per heavy atom. The molecule has 0 unspecified atom stereocenters. The van der Waals surface area contributed by atoms with E-state index in [4.69, 9.17) is 9.47 Å². The molecule has 0 aliphatic rings. The third-order valence-electron chi connectivity index (χ3n) is 5.36. The largest absolute Gasteiger partial charge is 0.493 e. The smallest absolute Gasteiger partial charge is 0.337 e. The van der Waals surface area contributed by atoms with Crippen LogP contribution in [0.1, 0.15) is 34.5 Å². The van der Waals surface area contributed by atoms with Crippen molar-refractivity contribution in [2.75, 3.05) is 26.1 Å². The molecule has 180 valence electrons. The second kappa shape index (κ2) is 11.0.